The normalized spacial score (nSPS) is 5.29. The van der Waals surface area contributed by atoms with Gasteiger partial charge in [-0.05, 0) is 0 Å². The maximum Gasteiger partial charge on any atom is 2.00 e. The zero-order valence-electron chi connectivity index (χ0n) is 4.03. The number of rotatable bonds is 2. The maximum atomic E-state index is 4.98. The molecule has 0 radical (unpaired) electrons. The Kier molecular flexibility index (Phi) is 35.3. The first-order chi connectivity index (χ1) is 2.41. The maximum absolute atomic E-state index is 4.98. The summed E-state index contributed by atoms with van der Waals surface area (Å²) in [7, 11) is 0. The van der Waals surface area contributed by atoms with E-state index in [-0.39, 0.29) is 40.0 Å². The zero-order valence-corrected chi connectivity index (χ0v) is 8.62. The second-order valence-corrected chi connectivity index (χ2v) is 1.51. The van der Waals surface area contributed by atoms with Gasteiger partial charge in [-0.25, -0.2) is 0 Å². The minimum atomic E-state index is 0. The van der Waals surface area contributed by atoms with E-state index in [2.05, 4.69) is 15.9 Å². The molecule has 0 fully saturated rings. The van der Waals surface area contributed by atoms with E-state index >= 15 is 0 Å². The molecule has 0 unspecified atom stereocenters. The zero-order chi connectivity index (χ0) is 4.12. The largest absolute Gasteiger partial charge is 2.00 e. The topological polar surface area (TPSA) is 0 Å². The van der Waals surface area contributed by atoms with E-state index in [0.717, 1.165) is 11.8 Å². The fraction of sp³-hybridized carbons (Fsp3) is 0.500. The predicted molar refractivity (Wildman–Crippen MR) is 33.0 cm³/mol. The Hall–Kier alpha value is 1.47. The standard InChI is InChI=1S/C4H6Br.BrH.Mg/c1-2-3-4-5;;/h1-2H,3-4H2;1H;/q-1;;+2/p-1. The molecular weight excluding hydrogens is 232 g/mol. The van der Waals surface area contributed by atoms with Crippen molar-refractivity contribution in [3.63, 3.8) is 0 Å². The van der Waals surface area contributed by atoms with E-state index in [1.807, 2.05) is 0 Å². The first-order valence-electron chi connectivity index (χ1n) is 1.51. The van der Waals surface area contributed by atoms with Crippen LogP contribution in [0.4, 0.5) is 0 Å². The molecule has 3 heteroatoms. The van der Waals surface area contributed by atoms with Crippen LogP contribution in [-0.2, 0) is 0 Å². The van der Waals surface area contributed by atoms with Crippen molar-refractivity contribution in [3.05, 3.63) is 12.7 Å². The predicted octanol–water partition coefficient (Wildman–Crippen LogP) is -1.62. The number of halogens is 2. The number of alkyl halides is 1. The Labute approximate surface area is 79.8 Å². The van der Waals surface area contributed by atoms with Crippen molar-refractivity contribution in [1.82, 2.24) is 0 Å². The molecule has 0 saturated heterocycles. The van der Waals surface area contributed by atoms with Gasteiger partial charge in [0, 0.05) is 5.33 Å². The van der Waals surface area contributed by atoms with Crippen LogP contribution in [0.5, 0.6) is 0 Å². The monoisotopic (exact) mass is 236 g/mol. The van der Waals surface area contributed by atoms with Gasteiger partial charge in [0.2, 0.25) is 0 Å². The minimum absolute atomic E-state index is 0. The Morgan fingerprint density at radius 1 is 1.57 bits per heavy atom. The van der Waals surface area contributed by atoms with Crippen LogP contribution in [0.25, 0.3) is 0 Å². The molecule has 0 aliphatic heterocycles. The summed E-state index contributed by atoms with van der Waals surface area (Å²) in [6.45, 7) is 4.98. The van der Waals surface area contributed by atoms with E-state index in [1.54, 1.807) is 6.08 Å². The van der Waals surface area contributed by atoms with E-state index in [4.69, 9.17) is 6.58 Å². The summed E-state index contributed by atoms with van der Waals surface area (Å²) in [5.74, 6) is 0. The average molecular weight is 238 g/mol. The third kappa shape index (κ3) is 18.6. The third-order valence-corrected chi connectivity index (χ3v) is 0.734. The molecule has 0 aromatic carbocycles. The van der Waals surface area contributed by atoms with Crippen molar-refractivity contribution in [2.24, 2.45) is 0 Å². The second-order valence-electron chi connectivity index (χ2n) is 0.713. The van der Waals surface area contributed by atoms with Crippen molar-refractivity contribution < 1.29 is 17.0 Å². The molecule has 0 heterocycles. The minimum Gasteiger partial charge on any atom is -1.00 e. The summed E-state index contributed by atoms with van der Waals surface area (Å²) >= 11 is 3.20. The molecule has 0 nitrogen and oxygen atoms in total. The van der Waals surface area contributed by atoms with E-state index in [0.29, 0.717) is 0 Å². The quantitative estimate of drug-likeness (QED) is 0.308. The molecule has 0 rings (SSSR count). The van der Waals surface area contributed by atoms with Crippen molar-refractivity contribution in [1.29, 1.82) is 0 Å². The van der Waals surface area contributed by atoms with E-state index < -0.39 is 0 Å². The molecule has 0 N–H and O–H groups in total. The van der Waals surface area contributed by atoms with Crippen LogP contribution < -0.4 is 17.0 Å². The summed E-state index contributed by atoms with van der Waals surface area (Å²) in [6.07, 6.45) is 2.59. The average Bonchev–Trinajstić information content (AvgIpc) is 1.41. The van der Waals surface area contributed by atoms with Gasteiger partial charge < -0.3 is 23.6 Å². The molecule has 0 spiro atoms. The molecule has 0 amide bonds. The van der Waals surface area contributed by atoms with Gasteiger partial charge in [0.15, 0.2) is 0 Å². The summed E-state index contributed by atoms with van der Waals surface area (Å²) in [6, 6.07) is 0. The van der Waals surface area contributed by atoms with Gasteiger partial charge in [0.25, 0.3) is 0 Å². The van der Waals surface area contributed by atoms with Gasteiger partial charge in [0.1, 0.15) is 0 Å². The SMILES string of the molecule is [Br-].[CH-]=CCCBr.[Mg+2]. The second kappa shape index (κ2) is 15.7. The van der Waals surface area contributed by atoms with Gasteiger partial charge in [-0.1, -0.05) is 22.4 Å². The first-order valence-corrected chi connectivity index (χ1v) is 2.63. The van der Waals surface area contributed by atoms with Gasteiger partial charge >= 0.3 is 23.1 Å². The smallest absolute Gasteiger partial charge is 1.00 e. The van der Waals surface area contributed by atoms with Crippen molar-refractivity contribution in [2.45, 2.75) is 6.42 Å². The fourth-order valence-electron chi connectivity index (χ4n) is 0.0630. The first kappa shape index (κ1) is 15.8. The van der Waals surface area contributed by atoms with Crippen LogP contribution in [-0.4, -0.2) is 28.4 Å². The molecule has 0 aliphatic carbocycles. The summed E-state index contributed by atoms with van der Waals surface area (Å²) in [5.41, 5.74) is 0. The summed E-state index contributed by atoms with van der Waals surface area (Å²) < 4.78 is 0. The number of hydrogen-bond acceptors (Lipinski definition) is 0. The van der Waals surface area contributed by atoms with Crippen LogP contribution in [0.2, 0.25) is 0 Å². The summed E-state index contributed by atoms with van der Waals surface area (Å²) in [4.78, 5) is 0. The molecule has 0 aromatic heterocycles. The van der Waals surface area contributed by atoms with Gasteiger partial charge in [-0.3, -0.25) is 6.08 Å². The van der Waals surface area contributed by atoms with Gasteiger partial charge in [-0.15, -0.1) is 0 Å². The van der Waals surface area contributed by atoms with Gasteiger partial charge in [-0.2, -0.15) is 0 Å². The van der Waals surface area contributed by atoms with Crippen molar-refractivity contribution in [3.8, 4) is 0 Å². The number of hydrogen-bond donors (Lipinski definition) is 0. The van der Waals surface area contributed by atoms with Crippen LogP contribution in [0.15, 0.2) is 6.08 Å². The molecule has 7 heavy (non-hydrogen) atoms. The Morgan fingerprint density at radius 2 is 2.00 bits per heavy atom. The molecule has 0 atom stereocenters. The van der Waals surface area contributed by atoms with Gasteiger partial charge in [0.05, 0.1) is 0 Å². The van der Waals surface area contributed by atoms with Crippen LogP contribution in [0.3, 0.4) is 0 Å². The molecule has 38 valence electrons. The third-order valence-electron chi connectivity index (χ3n) is 0.276. The molecule has 0 aliphatic rings. The van der Waals surface area contributed by atoms with Crippen molar-refractivity contribution in [2.75, 3.05) is 5.33 Å². The molecule has 0 aromatic rings. The van der Waals surface area contributed by atoms with Crippen molar-refractivity contribution >= 4 is 39.0 Å². The van der Waals surface area contributed by atoms with E-state index in [9.17, 15) is 0 Å². The Balaban J connectivity index is -0.0000000800. The van der Waals surface area contributed by atoms with Crippen LogP contribution in [0.1, 0.15) is 6.42 Å². The summed E-state index contributed by atoms with van der Waals surface area (Å²) in [5, 5.41) is 0.976. The molecule has 0 saturated carbocycles. The number of allylic oxidation sites excluding steroid dienone is 1. The molecule has 0 bridgehead atoms. The Bertz CT molecular complexity index is 30.9. The fourth-order valence-corrected chi connectivity index (χ4v) is 0.327. The van der Waals surface area contributed by atoms with E-state index in [1.165, 1.54) is 0 Å². The molecular formula is C4H6Br2Mg. The van der Waals surface area contributed by atoms with Crippen LogP contribution in [0, 0.1) is 6.58 Å². The van der Waals surface area contributed by atoms with Crippen LogP contribution >= 0.6 is 15.9 Å². The Morgan fingerprint density at radius 3 is 2.00 bits per heavy atom.